The molecular weight excluding hydrogens is 559 g/mol. The Balaban J connectivity index is 1.44. The molecule has 0 fully saturated rings. The van der Waals surface area contributed by atoms with E-state index in [9.17, 15) is 18.6 Å². The van der Waals surface area contributed by atoms with Gasteiger partial charge in [0.05, 0.1) is 7.11 Å². The highest BCUT2D eigenvalue weighted by atomic mass is 32.2. The van der Waals surface area contributed by atoms with Gasteiger partial charge in [0.1, 0.15) is 21.5 Å². The number of phenols is 2. The van der Waals surface area contributed by atoms with Crippen LogP contribution >= 0.6 is 23.6 Å². The molecule has 3 aromatic carbocycles. The first kappa shape index (κ1) is 28.2. The van der Waals surface area contributed by atoms with Crippen LogP contribution in [0.4, 0.5) is 5.69 Å². The third kappa shape index (κ3) is 7.18. The molecule has 0 spiro atoms. The maximum atomic E-state index is 13.2. The number of benzene rings is 3. The van der Waals surface area contributed by atoms with E-state index in [-0.39, 0.29) is 28.8 Å². The number of thiocarbonyl (C=S) groups is 1. The lowest BCUT2D eigenvalue weighted by Gasteiger charge is -2.14. The van der Waals surface area contributed by atoms with Gasteiger partial charge in [-0.25, -0.2) is 13.1 Å². The van der Waals surface area contributed by atoms with Crippen molar-refractivity contribution in [3.63, 3.8) is 0 Å². The lowest BCUT2D eigenvalue weighted by molar-refractivity contribution is 0.398. The lowest BCUT2D eigenvalue weighted by Crippen LogP contribution is -2.36. The number of thiophene rings is 1. The molecule has 4 rings (SSSR count). The minimum absolute atomic E-state index is 0.101. The topological polar surface area (TPSA) is 129 Å². The molecule has 1 heterocycles. The molecule has 0 amide bonds. The summed E-state index contributed by atoms with van der Waals surface area (Å²) in [5.74, 6) is 0.794. The zero-order chi connectivity index (χ0) is 28.0. The normalized spacial score (nSPS) is 11.1. The molecule has 0 aliphatic rings. The summed E-state index contributed by atoms with van der Waals surface area (Å²) in [5.41, 5.74) is 2.69. The molecule has 0 saturated carbocycles. The Morgan fingerprint density at radius 2 is 1.77 bits per heavy atom. The van der Waals surface area contributed by atoms with Gasteiger partial charge < -0.3 is 30.3 Å². The highest BCUT2D eigenvalue weighted by Crippen LogP contribution is 2.40. The second kappa shape index (κ2) is 12.3. The number of hydrogen-bond acceptors (Lipinski definition) is 8. The smallest absolute Gasteiger partial charge is 0.250 e. The SMILES string of the molecule is COc1cccc(NC(=S)NCCNS(=O)(=O)c2sccc2-c2ccc(C)cc2Oc2ccc(O)c(O)c2)c1. The lowest BCUT2D eigenvalue weighted by atomic mass is 10.1. The van der Waals surface area contributed by atoms with Crippen LogP contribution in [-0.2, 0) is 10.0 Å². The van der Waals surface area contributed by atoms with Crippen LogP contribution in [0.3, 0.4) is 0 Å². The van der Waals surface area contributed by atoms with Crippen molar-refractivity contribution in [2.75, 3.05) is 25.5 Å². The summed E-state index contributed by atoms with van der Waals surface area (Å²) in [7, 11) is -2.28. The fraction of sp³-hybridized carbons (Fsp3) is 0.148. The maximum Gasteiger partial charge on any atom is 0.250 e. The van der Waals surface area contributed by atoms with E-state index in [1.54, 1.807) is 36.8 Å². The minimum Gasteiger partial charge on any atom is -0.504 e. The number of ether oxygens (including phenoxy) is 2. The fourth-order valence-corrected chi connectivity index (χ4v) is 6.31. The number of phenolic OH excluding ortho intramolecular Hbond substituents is 2. The van der Waals surface area contributed by atoms with Gasteiger partial charge in [-0.05, 0) is 66.5 Å². The highest BCUT2D eigenvalue weighted by molar-refractivity contribution is 7.91. The quantitative estimate of drug-likeness (QED) is 0.0969. The standard InChI is InChI=1S/C27H27N3O6S3/c1-17-6-8-21(25(14-17)36-20-7-9-23(31)24(32)16-20)22-10-13-38-26(22)39(33,34)29-12-11-28-27(37)30-18-4-3-5-19(15-18)35-2/h3-10,13-16,29,31-32H,11-12H2,1-2H3,(H2,28,30,37). The number of methoxy groups -OCH3 is 1. The number of aromatic hydroxyl groups is 2. The van der Waals surface area contributed by atoms with Gasteiger partial charge in [0.15, 0.2) is 16.6 Å². The van der Waals surface area contributed by atoms with Gasteiger partial charge in [-0.3, -0.25) is 0 Å². The summed E-state index contributed by atoms with van der Waals surface area (Å²) in [4.78, 5) is 0. The average molecular weight is 586 g/mol. The van der Waals surface area contributed by atoms with Gasteiger partial charge in [-0.15, -0.1) is 11.3 Å². The Hall–Kier alpha value is -3.84. The number of sulfonamides is 1. The summed E-state index contributed by atoms with van der Waals surface area (Å²) in [6, 6.07) is 18.5. The molecule has 204 valence electrons. The molecule has 0 radical (unpaired) electrons. The third-order valence-electron chi connectivity index (χ3n) is 5.51. The van der Waals surface area contributed by atoms with Gasteiger partial charge in [0.25, 0.3) is 10.0 Å². The summed E-state index contributed by atoms with van der Waals surface area (Å²) in [6.45, 7) is 2.25. The Bertz CT molecular complexity index is 1590. The van der Waals surface area contributed by atoms with E-state index >= 15 is 0 Å². The molecule has 9 nitrogen and oxygen atoms in total. The Morgan fingerprint density at radius 1 is 0.949 bits per heavy atom. The number of hydrogen-bond donors (Lipinski definition) is 5. The van der Waals surface area contributed by atoms with Crippen LogP contribution in [0, 0.1) is 6.92 Å². The summed E-state index contributed by atoms with van der Waals surface area (Å²) < 4.78 is 40.4. The first-order chi connectivity index (χ1) is 18.7. The van der Waals surface area contributed by atoms with Crippen LogP contribution in [-0.4, -0.2) is 43.9 Å². The molecule has 12 heteroatoms. The molecule has 0 saturated heterocycles. The van der Waals surface area contributed by atoms with Gasteiger partial charge in [0.2, 0.25) is 0 Å². The number of anilines is 1. The predicted molar refractivity (Wildman–Crippen MR) is 157 cm³/mol. The Labute approximate surface area is 236 Å². The summed E-state index contributed by atoms with van der Waals surface area (Å²) in [5, 5.41) is 27.5. The molecule has 1 aromatic heterocycles. The van der Waals surface area contributed by atoms with E-state index in [4.69, 9.17) is 21.7 Å². The zero-order valence-corrected chi connectivity index (χ0v) is 23.5. The minimum atomic E-state index is -3.85. The maximum absolute atomic E-state index is 13.2. The monoisotopic (exact) mass is 585 g/mol. The van der Waals surface area contributed by atoms with Crippen molar-refractivity contribution in [1.82, 2.24) is 10.0 Å². The van der Waals surface area contributed by atoms with Gasteiger partial charge >= 0.3 is 0 Å². The van der Waals surface area contributed by atoms with E-state index < -0.39 is 10.0 Å². The van der Waals surface area contributed by atoms with Crippen molar-refractivity contribution < 1.29 is 28.1 Å². The first-order valence-electron chi connectivity index (χ1n) is 11.7. The second-order valence-electron chi connectivity index (χ2n) is 8.38. The summed E-state index contributed by atoms with van der Waals surface area (Å²) in [6.07, 6.45) is 0. The van der Waals surface area contributed by atoms with Gasteiger partial charge in [-0.2, -0.15) is 0 Å². The Morgan fingerprint density at radius 3 is 2.54 bits per heavy atom. The first-order valence-corrected chi connectivity index (χ1v) is 14.5. The molecule has 0 aliphatic heterocycles. The molecule has 4 aromatic rings. The van der Waals surface area contributed by atoms with Crippen LogP contribution < -0.4 is 24.8 Å². The number of rotatable bonds is 10. The third-order valence-corrected chi connectivity index (χ3v) is 8.70. The van der Waals surface area contributed by atoms with E-state index in [1.807, 2.05) is 31.2 Å². The van der Waals surface area contributed by atoms with Gasteiger partial charge in [-0.1, -0.05) is 18.2 Å². The van der Waals surface area contributed by atoms with Crippen molar-refractivity contribution in [1.29, 1.82) is 0 Å². The highest BCUT2D eigenvalue weighted by Gasteiger charge is 2.23. The van der Waals surface area contributed by atoms with Crippen LogP contribution in [0.1, 0.15) is 5.56 Å². The number of aryl methyl sites for hydroxylation is 1. The molecule has 0 aliphatic carbocycles. The predicted octanol–water partition coefficient (Wildman–Crippen LogP) is 5.20. The van der Waals surface area contributed by atoms with E-state index in [0.29, 0.717) is 33.5 Å². The van der Waals surface area contributed by atoms with Crippen molar-refractivity contribution in [3.05, 3.63) is 77.7 Å². The molecule has 0 atom stereocenters. The molecule has 39 heavy (non-hydrogen) atoms. The van der Waals surface area contributed by atoms with Crippen molar-refractivity contribution in [3.8, 4) is 39.9 Å². The van der Waals surface area contributed by atoms with Crippen molar-refractivity contribution in [2.45, 2.75) is 11.1 Å². The molecule has 5 N–H and O–H groups in total. The second-order valence-corrected chi connectivity index (χ2v) is 11.7. The largest absolute Gasteiger partial charge is 0.504 e. The molecule has 0 bridgehead atoms. The van der Waals surface area contributed by atoms with E-state index in [1.165, 1.54) is 18.2 Å². The number of nitrogens with one attached hydrogen (secondary N) is 3. The van der Waals surface area contributed by atoms with Crippen molar-refractivity contribution in [2.24, 2.45) is 0 Å². The summed E-state index contributed by atoms with van der Waals surface area (Å²) >= 11 is 6.39. The van der Waals surface area contributed by atoms with E-state index in [2.05, 4.69) is 15.4 Å². The van der Waals surface area contributed by atoms with Crippen LogP contribution in [0.25, 0.3) is 11.1 Å². The Kier molecular flexibility index (Phi) is 8.92. The average Bonchev–Trinajstić information content (AvgIpc) is 3.40. The fourth-order valence-electron chi connectivity index (χ4n) is 3.64. The van der Waals surface area contributed by atoms with Crippen LogP contribution in [0.15, 0.2) is 76.3 Å². The van der Waals surface area contributed by atoms with Crippen LogP contribution in [0.2, 0.25) is 0 Å². The molecular formula is C27H27N3O6S3. The zero-order valence-electron chi connectivity index (χ0n) is 21.1. The molecule has 0 unspecified atom stereocenters. The van der Waals surface area contributed by atoms with E-state index in [0.717, 1.165) is 22.6 Å². The van der Waals surface area contributed by atoms with Gasteiger partial charge in [0, 0.05) is 42.0 Å². The van der Waals surface area contributed by atoms with Crippen molar-refractivity contribution >= 4 is 44.4 Å². The van der Waals surface area contributed by atoms with Crippen LogP contribution in [0.5, 0.6) is 28.7 Å².